The van der Waals surface area contributed by atoms with E-state index < -0.39 is 6.04 Å². The Morgan fingerprint density at radius 2 is 1.74 bits per heavy atom. The number of hydrogen-bond acceptors (Lipinski definition) is 4. The van der Waals surface area contributed by atoms with E-state index in [4.69, 9.17) is 0 Å². The number of carbonyl (C=O) groups is 2. The Morgan fingerprint density at radius 3 is 2.32 bits per heavy atom. The van der Waals surface area contributed by atoms with E-state index in [-0.39, 0.29) is 17.9 Å². The Hall–Kier alpha value is -2.65. The Bertz CT molecular complexity index is 939. The molecule has 1 saturated carbocycles. The molecule has 1 N–H and O–H groups in total. The zero-order valence-corrected chi connectivity index (χ0v) is 18.8. The van der Waals surface area contributed by atoms with Gasteiger partial charge in [0.25, 0.3) is 5.91 Å². The van der Waals surface area contributed by atoms with Gasteiger partial charge in [0.05, 0.1) is 11.6 Å². The molecule has 164 valence electrons. The molecule has 1 unspecified atom stereocenters. The maximum absolute atomic E-state index is 13.3. The fourth-order valence-electron chi connectivity index (χ4n) is 5.51. The first kappa shape index (κ1) is 21.6. The summed E-state index contributed by atoms with van der Waals surface area (Å²) in [7, 11) is 0. The summed E-state index contributed by atoms with van der Waals surface area (Å²) >= 11 is 0. The Labute approximate surface area is 184 Å². The fourth-order valence-corrected chi connectivity index (χ4v) is 5.51. The maximum atomic E-state index is 13.3. The number of fused-ring (bicyclic) bond motifs is 1. The van der Waals surface area contributed by atoms with Crippen LogP contribution >= 0.6 is 0 Å². The summed E-state index contributed by atoms with van der Waals surface area (Å²) in [5, 5.41) is 12.1. The lowest BCUT2D eigenvalue weighted by molar-refractivity contribution is -0.126. The van der Waals surface area contributed by atoms with Crippen LogP contribution in [-0.2, 0) is 9.59 Å². The van der Waals surface area contributed by atoms with E-state index in [1.807, 2.05) is 11.0 Å². The lowest BCUT2D eigenvalue weighted by Crippen LogP contribution is -2.50. The number of amides is 2. The minimum absolute atomic E-state index is 0.0791. The molecule has 2 aliphatic heterocycles. The first-order valence-electron chi connectivity index (χ1n) is 11.4. The van der Waals surface area contributed by atoms with Crippen LogP contribution in [-0.4, -0.2) is 41.9 Å². The van der Waals surface area contributed by atoms with Gasteiger partial charge in [-0.2, -0.15) is 5.26 Å². The predicted molar refractivity (Wildman–Crippen MR) is 120 cm³/mol. The van der Waals surface area contributed by atoms with E-state index in [9.17, 15) is 14.9 Å². The van der Waals surface area contributed by atoms with Crippen LogP contribution in [0.25, 0.3) is 0 Å². The molecule has 6 nitrogen and oxygen atoms in total. The molecule has 3 aliphatic rings. The third kappa shape index (κ3) is 4.24. The van der Waals surface area contributed by atoms with Crippen molar-refractivity contribution < 1.29 is 9.59 Å². The summed E-state index contributed by atoms with van der Waals surface area (Å²) < 4.78 is 0. The third-order valence-electron chi connectivity index (χ3n) is 7.21. The van der Waals surface area contributed by atoms with Gasteiger partial charge in [-0.3, -0.25) is 9.59 Å². The first-order valence-corrected chi connectivity index (χ1v) is 11.4. The quantitative estimate of drug-likeness (QED) is 0.754. The van der Waals surface area contributed by atoms with Crippen LogP contribution in [0.2, 0.25) is 0 Å². The second kappa shape index (κ2) is 8.84. The molecule has 1 atom stereocenters. The van der Waals surface area contributed by atoms with Crippen LogP contribution in [0.4, 0.5) is 5.69 Å². The van der Waals surface area contributed by atoms with Crippen LogP contribution < -0.4 is 10.2 Å². The molecule has 1 saturated heterocycles. The number of nitrogens with zero attached hydrogens (tertiary/aromatic N) is 3. The minimum Gasteiger partial charge on any atom is -0.341 e. The molecule has 0 radical (unpaired) electrons. The molecule has 1 aromatic carbocycles. The van der Waals surface area contributed by atoms with Gasteiger partial charge >= 0.3 is 0 Å². The molecular weight excluding hydrogens is 388 g/mol. The van der Waals surface area contributed by atoms with Gasteiger partial charge in [-0.1, -0.05) is 11.1 Å². The van der Waals surface area contributed by atoms with Gasteiger partial charge in [0.1, 0.15) is 6.04 Å². The number of benzene rings is 1. The van der Waals surface area contributed by atoms with E-state index in [2.05, 4.69) is 30.1 Å². The number of allylic oxidation sites excluding steroid dienone is 2. The van der Waals surface area contributed by atoms with Crippen molar-refractivity contribution >= 4 is 17.5 Å². The number of nitrogens with one attached hydrogen (secondary N) is 1. The van der Waals surface area contributed by atoms with Gasteiger partial charge in [-0.25, -0.2) is 0 Å². The van der Waals surface area contributed by atoms with Crippen LogP contribution in [0.5, 0.6) is 0 Å². The molecule has 0 aromatic heterocycles. The van der Waals surface area contributed by atoms with Crippen molar-refractivity contribution in [2.45, 2.75) is 77.4 Å². The number of rotatable bonds is 3. The Balaban J connectivity index is 1.46. The summed E-state index contributed by atoms with van der Waals surface area (Å²) in [4.78, 5) is 29.5. The average Bonchev–Trinajstić information content (AvgIpc) is 3.04. The second-order valence-electron chi connectivity index (χ2n) is 9.33. The standard InChI is InChI=1S/C25H32N4O2/c1-16(2)19-5-7-20(8-6-19)28-12-10-21(11-13-28)29-23-9-4-18(15-26)14-22(23)24(25(29)31)27-17(3)30/h4,9,14,20-21,24H,5-8,10-13H2,1-3H3,(H,27,30). The molecule has 2 fully saturated rings. The highest BCUT2D eigenvalue weighted by Gasteiger charge is 2.42. The summed E-state index contributed by atoms with van der Waals surface area (Å²) in [6, 6.07) is 7.59. The molecule has 6 heteroatoms. The highest BCUT2D eigenvalue weighted by Crippen LogP contribution is 2.40. The van der Waals surface area contributed by atoms with Gasteiger partial charge in [-0.15, -0.1) is 0 Å². The van der Waals surface area contributed by atoms with E-state index in [1.165, 1.54) is 38.2 Å². The summed E-state index contributed by atoms with van der Waals surface area (Å²) in [5.41, 5.74) is 5.20. The molecule has 2 heterocycles. The zero-order valence-electron chi connectivity index (χ0n) is 18.8. The van der Waals surface area contributed by atoms with Crippen molar-refractivity contribution in [3.05, 3.63) is 40.5 Å². The van der Waals surface area contributed by atoms with E-state index >= 15 is 0 Å². The van der Waals surface area contributed by atoms with Gasteiger partial charge in [0.2, 0.25) is 5.91 Å². The molecule has 1 aliphatic carbocycles. The van der Waals surface area contributed by atoms with E-state index in [0.717, 1.165) is 37.2 Å². The average molecular weight is 421 g/mol. The van der Waals surface area contributed by atoms with Crippen molar-refractivity contribution in [2.75, 3.05) is 18.0 Å². The predicted octanol–water partition coefficient (Wildman–Crippen LogP) is 3.83. The lowest BCUT2D eigenvalue weighted by atomic mass is 9.86. The molecule has 2 amide bonds. The number of hydrogen-bond donors (Lipinski definition) is 1. The minimum atomic E-state index is -0.695. The van der Waals surface area contributed by atoms with Crippen molar-refractivity contribution in [1.82, 2.24) is 10.2 Å². The Kier molecular flexibility index (Phi) is 6.15. The Morgan fingerprint density at radius 1 is 1.06 bits per heavy atom. The maximum Gasteiger partial charge on any atom is 0.254 e. The van der Waals surface area contributed by atoms with Crippen LogP contribution in [0.1, 0.15) is 76.5 Å². The number of nitriles is 1. The second-order valence-corrected chi connectivity index (χ2v) is 9.33. The largest absolute Gasteiger partial charge is 0.341 e. The molecule has 1 aromatic rings. The molecular formula is C25H32N4O2. The van der Waals surface area contributed by atoms with Gasteiger partial charge in [0, 0.05) is 43.3 Å². The number of piperidine rings is 1. The van der Waals surface area contributed by atoms with E-state index in [1.54, 1.807) is 17.7 Å². The van der Waals surface area contributed by atoms with Crippen molar-refractivity contribution in [1.29, 1.82) is 5.26 Å². The van der Waals surface area contributed by atoms with Gasteiger partial charge < -0.3 is 15.1 Å². The van der Waals surface area contributed by atoms with Crippen LogP contribution in [0.3, 0.4) is 0 Å². The summed E-state index contributed by atoms with van der Waals surface area (Å²) in [5.74, 6) is -0.319. The number of likely N-dealkylation sites (tertiary alicyclic amines) is 1. The van der Waals surface area contributed by atoms with Crippen molar-refractivity contribution in [2.24, 2.45) is 0 Å². The summed E-state index contributed by atoms with van der Waals surface area (Å²) in [6.07, 6.45) is 6.76. The normalized spacial score (nSPS) is 24.6. The fraction of sp³-hybridized carbons (Fsp3) is 0.560. The topological polar surface area (TPSA) is 76.4 Å². The lowest BCUT2D eigenvalue weighted by Gasteiger charge is -2.42. The molecule has 31 heavy (non-hydrogen) atoms. The SMILES string of the molecule is CC(=O)NC1C(=O)N(C2CCN(C3CCC(=C(C)C)CC3)CC2)c2ccc(C#N)cc21. The highest BCUT2D eigenvalue weighted by molar-refractivity contribution is 6.06. The smallest absolute Gasteiger partial charge is 0.254 e. The molecule has 0 bridgehead atoms. The zero-order chi connectivity index (χ0) is 22.1. The monoisotopic (exact) mass is 420 g/mol. The van der Waals surface area contributed by atoms with Crippen LogP contribution in [0, 0.1) is 11.3 Å². The summed E-state index contributed by atoms with van der Waals surface area (Å²) in [6.45, 7) is 7.87. The van der Waals surface area contributed by atoms with Crippen molar-refractivity contribution in [3.8, 4) is 6.07 Å². The number of carbonyl (C=O) groups excluding carboxylic acids is 2. The molecule has 0 spiro atoms. The third-order valence-corrected chi connectivity index (χ3v) is 7.21. The van der Waals surface area contributed by atoms with Gasteiger partial charge in [-0.05, 0) is 70.6 Å². The number of anilines is 1. The van der Waals surface area contributed by atoms with Crippen molar-refractivity contribution in [3.63, 3.8) is 0 Å². The van der Waals surface area contributed by atoms with Crippen LogP contribution in [0.15, 0.2) is 29.3 Å². The van der Waals surface area contributed by atoms with E-state index in [0.29, 0.717) is 11.6 Å². The molecule has 4 rings (SSSR count). The first-order chi connectivity index (χ1) is 14.9. The van der Waals surface area contributed by atoms with Gasteiger partial charge in [0.15, 0.2) is 0 Å². The highest BCUT2D eigenvalue weighted by atomic mass is 16.2.